The Hall–Kier alpha value is -1.36. The van der Waals surface area contributed by atoms with Crippen LogP contribution in [0.4, 0.5) is 10.4 Å². The molecule has 0 amide bonds. The number of anilines is 1. The van der Waals surface area contributed by atoms with E-state index in [2.05, 4.69) is 20.9 Å². The van der Waals surface area contributed by atoms with Crippen LogP contribution in [0.2, 0.25) is 0 Å². The summed E-state index contributed by atoms with van der Waals surface area (Å²) in [6, 6.07) is 4.42. The van der Waals surface area contributed by atoms with E-state index < -0.39 is 0 Å². The molecular weight excluding hydrogens is 251 g/mol. The van der Waals surface area contributed by atoms with Crippen LogP contribution in [-0.4, -0.2) is 4.98 Å². The highest BCUT2D eigenvalue weighted by atomic mass is 79.9. The summed E-state index contributed by atoms with van der Waals surface area (Å²) in [5.41, 5.74) is 6.65. The largest absolute Gasteiger partial charge is 0.432 e. The molecule has 1 aromatic carbocycles. The molecule has 5 heteroatoms. The molecule has 1 heterocycles. The van der Waals surface area contributed by atoms with Gasteiger partial charge in [0.25, 0.3) is 6.01 Å². The number of nitrogens with zero attached hydrogens (tertiary/aromatic N) is 1. The van der Waals surface area contributed by atoms with Crippen LogP contribution in [0.3, 0.4) is 0 Å². The minimum absolute atomic E-state index is 0.0937. The summed E-state index contributed by atoms with van der Waals surface area (Å²) < 4.78 is 18.2. The molecule has 0 fully saturated rings. The van der Waals surface area contributed by atoms with Crippen molar-refractivity contribution in [3.8, 4) is 11.3 Å². The summed E-state index contributed by atoms with van der Waals surface area (Å²) in [6.07, 6.45) is 1.42. The summed E-state index contributed by atoms with van der Waals surface area (Å²) in [6.45, 7) is 0. The van der Waals surface area contributed by atoms with Gasteiger partial charge in [0.05, 0.1) is 0 Å². The van der Waals surface area contributed by atoms with E-state index in [9.17, 15) is 4.39 Å². The second-order valence-electron chi connectivity index (χ2n) is 2.70. The van der Waals surface area contributed by atoms with Gasteiger partial charge < -0.3 is 10.2 Å². The molecule has 2 rings (SSSR count). The molecule has 0 aliphatic rings. The molecule has 3 nitrogen and oxygen atoms in total. The van der Waals surface area contributed by atoms with Gasteiger partial charge in [-0.1, -0.05) is 0 Å². The zero-order chi connectivity index (χ0) is 10.1. The highest BCUT2D eigenvalue weighted by Gasteiger charge is 2.08. The van der Waals surface area contributed by atoms with E-state index in [1.54, 1.807) is 6.07 Å². The van der Waals surface area contributed by atoms with E-state index in [4.69, 9.17) is 10.2 Å². The van der Waals surface area contributed by atoms with Crippen molar-refractivity contribution >= 4 is 21.9 Å². The highest BCUT2D eigenvalue weighted by molar-refractivity contribution is 9.10. The van der Waals surface area contributed by atoms with Crippen LogP contribution >= 0.6 is 15.9 Å². The van der Waals surface area contributed by atoms with Gasteiger partial charge in [-0.25, -0.2) is 4.39 Å². The van der Waals surface area contributed by atoms with E-state index in [1.165, 1.54) is 18.4 Å². The minimum Gasteiger partial charge on any atom is -0.432 e. The summed E-state index contributed by atoms with van der Waals surface area (Å²) in [5, 5.41) is 0. The fraction of sp³-hybridized carbons (Fsp3) is 0. The average Bonchev–Trinajstić information content (AvgIpc) is 2.51. The first-order valence-corrected chi connectivity index (χ1v) is 4.62. The van der Waals surface area contributed by atoms with Gasteiger partial charge >= 0.3 is 0 Å². The normalized spacial score (nSPS) is 10.4. The van der Waals surface area contributed by atoms with Gasteiger partial charge in [0.15, 0.2) is 0 Å². The molecule has 0 spiro atoms. The Kier molecular flexibility index (Phi) is 2.25. The second kappa shape index (κ2) is 3.42. The zero-order valence-electron chi connectivity index (χ0n) is 7.00. The molecule has 0 aliphatic carbocycles. The lowest BCUT2D eigenvalue weighted by molar-refractivity contribution is 0.581. The number of oxazole rings is 1. The van der Waals surface area contributed by atoms with Gasteiger partial charge in [-0.3, -0.25) is 0 Å². The predicted molar refractivity (Wildman–Crippen MR) is 54.0 cm³/mol. The first kappa shape index (κ1) is 9.21. The summed E-state index contributed by atoms with van der Waals surface area (Å²) >= 11 is 3.23. The number of halogens is 2. The predicted octanol–water partition coefficient (Wildman–Crippen LogP) is 2.83. The Labute approximate surface area is 87.9 Å². The smallest absolute Gasteiger partial charge is 0.292 e. The van der Waals surface area contributed by atoms with Crippen LogP contribution in [0.25, 0.3) is 11.3 Å². The quantitative estimate of drug-likeness (QED) is 0.854. The first-order valence-electron chi connectivity index (χ1n) is 3.83. The summed E-state index contributed by atoms with van der Waals surface area (Å²) in [4.78, 5) is 3.93. The second-order valence-corrected chi connectivity index (χ2v) is 3.55. The third-order valence-corrected chi connectivity index (χ3v) is 2.39. The fourth-order valence-corrected chi connectivity index (χ4v) is 1.66. The highest BCUT2D eigenvalue weighted by Crippen LogP contribution is 2.28. The fourth-order valence-electron chi connectivity index (χ4n) is 1.11. The maximum absolute atomic E-state index is 12.8. The number of benzene rings is 1. The van der Waals surface area contributed by atoms with Crippen molar-refractivity contribution in [3.05, 3.63) is 34.8 Å². The number of hydrogen-bond donors (Lipinski definition) is 1. The van der Waals surface area contributed by atoms with Crippen molar-refractivity contribution in [1.82, 2.24) is 4.98 Å². The number of aromatic nitrogens is 1. The molecule has 0 radical (unpaired) electrons. The zero-order valence-corrected chi connectivity index (χ0v) is 8.58. The van der Waals surface area contributed by atoms with E-state index in [0.29, 0.717) is 10.2 Å². The van der Waals surface area contributed by atoms with E-state index in [1.807, 2.05) is 0 Å². The van der Waals surface area contributed by atoms with Gasteiger partial charge in [-0.05, 0) is 34.1 Å². The van der Waals surface area contributed by atoms with Crippen molar-refractivity contribution in [2.45, 2.75) is 0 Å². The molecule has 0 atom stereocenters. The molecule has 2 aromatic rings. The number of rotatable bonds is 1. The summed E-state index contributed by atoms with van der Waals surface area (Å²) in [7, 11) is 0. The van der Waals surface area contributed by atoms with E-state index >= 15 is 0 Å². The molecule has 0 saturated carbocycles. The number of hydrogen-bond acceptors (Lipinski definition) is 3. The lowest BCUT2D eigenvalue weighted by atomic mass is 10.2. The molecule has 72 valence electrons. The topological polar surface area (TPSA) is 52.0 Å². The van der Waals surface area contributed by atoms with Gasteiger partial charge in [0, 0.05) is 10.0 Å². The van der Waals surface area contributed by atoms with Gasteiger partial charge in [-0.15, -0.1) is 0 Å². The maximum atomic E-state index is 12.8. The molecule has 2 N–H and O–H groups in total. The Morgan fingerprint density at radius 3 is 2.79 bits per heavy atom. The standard InChI is InChI=1S/C9H6BrFN2O/c10-7-3-5(11)1-2-6(7)8-4-14-9(12)13-8/h1-4H,(H2,12,13). The Morgan fingerprint density at radius 1 is 1.43 bits per heavy atom. The lowest BCUT2D eigenvalue weighted by Crippen LogP contribution is -1.85. The molecule has 14 heavy (non-hydrogen) atoms. The molecule has 0 aliphatic heterocycles. The first-order chi connectivity index (χ1) is 6.66. The van der Waals surface area contributed by atoms with Crippen molar-refractivity contribution in [1.29, 1.82) is 0 Å². The van der Waals surface area contributed by atoms with Crippen LogP contribution < -0.4 is 5.73 Å². The number of nitrogen functional groups attached to an aromatic ring is 1. The average molecular weight is 257 g/mol. The van der Waals surface area contributed by atoms with Crippen molar-refractivity contribution in [2.24, 2.45) is 0 Å². The molecule has 0 saturated heterocycles. The summed E-state index contributed by atoms with van der Waals surface area (Å²) in [5.74, 6) is -0.308. The monoisotopic (exact) mass is 256 g/mol. The van der Waals surface area contributed by atoms with Crippen LogP contribution in [0, 0.1) is 5.82 Å². The van der Waals surface area contributed by atoms with Gasteiger partial charge in [0.2, 0.25) is 0 Å². The minimum atomic E-state index is -0.308. The Balaban J connectivity index is 2.52. The van der Waals surface area contributed by atoms with Crippen LogP contribution in [0.5, 0.6) is 0 Å². The van der Waals surface area contributed by atoms with E-state index in [-0.39, 0.29) is 11.8 Å². The third-order valence-electron chi connectivity index (χ3n) is 1.73. The third kappa shape index (κ3) is 1.63. The van der Waals surface area contributed by atoms with Crippen LogP contribution in [0.1, 0.15) is 0 Å². The van der Waals surface area contributed by atoms with Crippen LogP contribution in [-0.2, 0) is 0 Å². The Bertz CT molecular complexity index is 470. The molecular formula is C9H6BrFN2O. The maximum Gasteiger partial charge on any atom is 0.292 e. The van der Waals surface area contributed by atoms with Crippen molar-refractivity contribution < 1.29 is 8.81 Å². The van der Waals surface area contributed by atoms with E-state index in [0.717, 1.165) is 5.56 Å². The van der Waals surface area contributed by atoms with Crippen molar-refractivity contribution in [3.63, 3.8) is 0 Å². The Morgan fingerprint density at radius 2 is 2.21 bits per heavy atom. The molecule has 0 unspecified atom stereocenters. The number of nitrogens with two attached hydrogens (primary N) is 1. The van der Waals surface area contributed by atoms with Crippen molar-refractivity contribution in [2.75, 3.05) is 5.73 Å². The van der Waals surface area contributed by atoms with Gasteiger partial charge in [0.1, 0.15) is 17.8 Å². The molecule has 1 aromatic heterocycles. The molecule has 0 bridgehead atoms. The van der Waals surface area contributed by atoms with Gasteiger partial charge in [-0.2, -0.15) is 4.98 Å². The SMILES string of the molecule is Nc1nc(-c2ccc(F)cc2Br)co1. The lowest BCUT2D eigenvalue weighted by Gasteiger charge is -1.99. The van der Waals surface area contributed by atoms with Crippen LogP contribution in [0.15, 0.2) is 33.4 Å².